The van der Waals surface area contributed by atoms with Gasteiger partial charge in [-0.2, -0.15) is 0 Å². The van der Waals surface area contributed by atoms with Gasteiger partial charge in [0.25, 0.3) is 0 Å². The average molecular weight is 222 g/mol. The molecule has 1 rings (SSSR count). The molecule has 0 saturated heterocycles. The van der Waals surface area contributed by atoms with Gasteiger partial charge in [0.2, 0.25) is 0 Å². The van der Waals surface area contributed by atoms with Crippen molar-refractivity contribution < 1.29 is 0 Å². The van der Waals surface area contributed by atoms with E-state index in [0.717, 1.165) is 19.6 Å². The van der Waals surface area contributed by atoms with Crippen molar-refractivity contribution in [1.82, 2.24) is 9.80 Å². The lowest BCUT2D eigenvalue weighted by molar-refractivity contribution is 0.373. The molecule has 0 aliphatic carbocycles. The van der Waals surface area contributed by atoms with E-state index >= 15 is 0 Å². The molecule has 2 nitrogen and oxygen atoms in total. The van der Waals surface area contributed by atoms with Gasteiger partial charge in [0.05, 0.1) is 0 Å². The summed E-state index contributed by atoms with van der Waals surface area (Å²) in [5, 5.41) is 0. The second kappa shape index (κ2) is 9.37. The summed E-state index contributed by atoms with van der Waals surface area (Å²) in [4.78, 5) is 4.41. The number of hydrogen-bond acceptors (Lipinski definition) is 2. The van der Waals surface area contributed by atoms with E-state index in [1.54, 1.807) is 0 Å². The van der Waals surface area contributed by atoms with E-state index in [1.165, 1.54) is 5.56 Å². The van der Waals surface area contributed by atoms with Crippen molar-refractivity contribution in [3.63, 3.8) is 0 Å². The third-order valence-electron chi connectivity index (χ3n) is 2.42. The molecule has 1 aromatic carbocycles. The highest BCUT2D eigenvalue weighted by Crippen LogP contribution is 1.99. The third-order valence-corrected chi connectivity index (χ3v) is 2.42. The summed E-state index contributed by atoms with van der Waals surface area (Å²) in [5.41, 5.74) is 1.37. The maximum absolute atomic E-state index is 2.25. The Morgan fingerprint density at radius 2 is 1.38 bits per heavy atom. The van der Waals surface area contributed by atoms with Crippen LogP contribution < -0.4 is 0 Å². The van der Waals surface area contributed by atoms with Crippen LogP contribution in [0.5, 0.6) is 0 Å². The average Bonchev–Trinajstić information content (AvgIpc) is 2.29. The fraction of sp³-hybridized carbons (Fsp3) is 0.571. The van der Waals surface area contributed by atoms with Crippen molar-refractivity contribution in [2.45, 2.75) is 20.4 Å². The molecule has 1 aromatic rings. The molecular formula is C14H26N2. The zero-order chi connectivity index (χ0) is 12.4. The molecule has 16 heavy (non-hydrogen) atoms. The Hall–Kier alpha value is -0.860. The summed E-state index contributed by atoms with van der Waals surface area (Å²) < 4.78 is 0. The minimum atomic E-state index is 1.03. The summed E-state index contributed by atoms with van der Waals surface area (Å²) in [6.45, 7) is 7.67. The van der Waals surface area contributed by atoms with E-state index in [0.29, 0.717) is 0 Å². The first-order valence-corrected chi connectivity index (χ1v) is 5.97. The molecular weight excluding hydrogens is 196 g/mol. The van der Waals surface area contributed by atoms with Crippen molar-refractivity contribution in [3.8, 4) is 0 Å². The Kier molecular flexibility index (Phi) is 8.87. The van der Waals surface area contributed by atoms with Crippen molar-refractivity contribution >= 4 is 0 Å². The zero-order valence-corrected chi connectivity index (χ0v) is 11.4. The van der Waals surface area contributed by atoms with Crippen LogP contribution in [0.1, 0.15) is 19.4 Å². The summed E-state index contributed by atoms with van der Waals surface area (Å²) >= 11 is 0. The van der Waals surface area contributed by atoms with Gasteiger partial charge in [-0.05, 0) is 39.8 Å². The van der Waals surface area contributed by atoms with Gasteiger partial charge in [-0.1, -0.05) is 44.2 Å². The molecule has 0 atom stereocenters. The number of hydrogen-bond donors (Lipinski definition) is 0. The minimum absolute atomic E-state index is 1.03. The second-order valence-electron chi connectivity index (χ2n) is 4.21. The van der Waals surface area contributed by atoms with Gasteiger partial charge in [0.1, 0.15) is 0 Å². The normalized spacial score (nSPS) is 10.2. The predicted octanol–water partition coefficient (Wildman–Crippen LogP) is 2.71. The van der Waals surface area contributed by atoms with Crippen LogP contribution in [0, 0.1) is 0 Å². The van der Waals surface area contributed by atoms with Crippen molar-refractivity contribution in [2.75, 3.05) is 34.2 Å². The first-order valence-electron chi connectivity index (χ1n) is 5.97. The second-order valence-corrected chi connectivity index (χ2v) is 4.21. The Bertz CT molecular complexity index is 240. The molecule has 0 fully saturated rings. The standard InChI is InChI=1S/C9H13N.C5H13N/c1-10(2)8-9-6-4-3-5-7-9;1-4-6(3)5-2/h3-7H,8H2,1-2H3;4-5H2,1-3H3. The molecule has 0 aliphatic heterocycles. The largest absolute Gasteiger partial charge is 0.307 e. The van der Waals surface area contributed by atoms with Crippen LogP contribution in [0.3, 0.4) is 0 Å². The van der Waals surface area contributed by atoms with E-state index in [9.17, 15) is 0 Å². The van der Waals surface area contributed by atoms with Gasteiger partial charge in [-0.25, -0.2) is 0 Å². The lowest BCUT2D eigenvalue weighted by Gasteiger charge is -2.08. The highest BCUT2D eigenvalue weighted by molar-refractivity contribution is 5.14. The first kappa shape index (κ1) is 15.1. The van der Waals surface area contributed by atoms with Crippen molar-refractivity contribution in [1.29, 1.82) is 0 Å². The van der Waals surface area contributed by atoms with Gasteiger partial charge >= 0.3 is 0 Å². The van der Waals surface area contributed by atoms with Gasteiger partial charge in [-0.15, -0.1) is 0 Å². The Balaban J connectivity index is 0.000000325. The molecule has 0 saturated carbocycles. The first-order chi connectivity index (χ1) is 7.60. The molecule has 0 heterocycles. The monoisotopic (exact) mass is 222 g/mol. The summed E-state index contributed by atoms with van der Waals surface area (Å²) in [7, 11) is 6.26. The van der Waals surface area contributed by atoms with E-state index in [1.807, 2.05) is 6.07 Å². The lowest BCUT2D eigenvalue weighted by Crippen LogP contribution is -2.15. The Morgan fingerprint density at radius 1 is 0.875 bits per heavy atom. The molecule has 0 amide bonds. The number of rotatable bonds is 4. The van der Waals surface area contributed by atoms with Crippen molar-refractivity contribution in [2.24, 2.45) is 0 Å². The molecule has 0 radical (unpaired) electrons. The fourth-order valence-electron chi connectivity index (χ4n) is 1.17. The third kappa shape index (κ3) is 8.45. The summed E-state index contributed by atoms with van der Waals surface area (Å²) in [5.74, 6) is 0. The molecule has 0 bridgehead atoms. The van der Waals surface area contributed by atoms with E-state index in [-0.39, 0.29) is 0 Å². The Labute approximate surface area is 101 Å². The number of benzene rings is 1. The SMILES string of the molecule is CCN(C)CC.CN(C)Cc1ccccc1. The van der Waals surface area contributed by atoms with Gasteiger partial charge in [0, 0.05) is 6.54 Å². The van der Waals surface area contributed by atoms with Crippen LogP contribution in [-0.2, 0) is 6.54 Å². The van der Waals surface area contributed by atoms with Gasteiger partial charge < -0.3 is 9.80 Å². The molecule has 0 N–H and O–H groups in total. The van der Waals surface area contributed by atoms with E-state index in [2.05, 4.69) is 69.1 Å². The van der Waals surface area contributed by atoms with Gasteiger partial charge in [0.15, 0.2) is 0 Å². The van der Waals surface area contributed by atoms with E-state index < -0.39 is 0 Å². The number of nitrogens with zero attached hydrogens (tertiary/aromatic N) is 2. The molecule has 0 aromatic heterocycles. The topological polar surface area (TPSA) is 6.48 Å². The van der Waals surface area contributed by atoms with Crippen LogP contribution in [0.15, 0.2) is 30.3 Å². The molecule has 2 heteroatoms. The van der Waals surface area contributed by atoms with Crippen LogP contribution in [0.4, 0.5) is 0 Å². The highest BCUT2D eigenvalue weighted by atomic mass is 15.1. The quantitative estimate of drug-likeness (QED) is 0.773. The summed E-state index contributed by atoms with van der Waals surface area (Å²) in [6.07, 6.45) is 0. The van der Waals surface area contributed by atoms with Gasteiger partial charge in [-0.3, -0.25) is 0 Å². The smallest absolute Gasteiger partial charge is 0.0227 e. The van der Waals surface area contributed by atoms with Crippen LogP contribution >= 0.6 is 0 Å². The van der Waals surface area contributed by atoms with Crippen LogP contribution in [0.25, 0.3) is 0 Å². The maximum atomic E-state index is 2.25. The zero-order valence-electron chi connectivity index (χ0n) is 11.4. The van der Waals surface area contributed by atoms with E-state index in [4.69, 9.17) is 0 Å². The van der Waals surface area contributed by atoms with Crippen molar-refractivity contribution in [3.05, 3.63) is 35.9 Å². The molecule has 92 valence electrons. The minimum Gasteiger partial charge on any atom is -0.307 e. The Morgan fingerprint density at radius 3 is 1.69 bits per heavy atom. The molecule has 0 aliphatic rings. The van der Waals surface area contributed by atoms with Crippen LogP contribution in [0.2, 0.25) is 0 Å². The fourth-order valence-corrected chi connectivity index (χ4v) is 1.17. The van der Waals surface area contributed by atoms with Crippen LogP contribution in [-0.4, -0.2) is 44.0 Å². The highest BCUT2D eigenvalue weighted by Gasteiger charge is 1.90. The molecule has 0 unspecified atom stereocenters. The maximum Gasteiger partial charge on any atom is 0.0227 e. The summed E-state index contributed by atoms with van der Waals surface area (Å²) in [6, 6.07) is 10.5. The predicted molar refractivity (Wildman–Crippen MR) is 72.7 cm³/mol. The molecule has 0 spiro atoms. The lowest BCUT2D eigenvalue weighted by atomic mass is 10.2.